The average Bonchev–Trinajstić information content (AvgIpc) is 2.43. The lowest BCUT2D eigenvalue weighted by Crippen LogP contribution is -2.29. The smallest absolute Gasteiger partial charge is 0.186 e. The zero-order valence-corrected chi connectivity index (χ0v) is 11.2. The van der Waals surface area contributed by atoms with Crippen LogP contribution in [0.2, 0.25) is 0 Å². The van der Waals surface area contributed by atoms with Gasteiger partial charge in [0.25, 0.3) is 0 Å². The van der Waals surface area contributed by atoms with Gasteiger partial charge < -0.3 is 5.32 Å². The molecule has 2 N–H and O–H groups in total. The van der Waals surface area contributed by atoms with Gasteiger partial charge in [0.2, 0.25) is 0 Å². The Morgan fingerprint density at radius 2 is 1.83 bits per heavy atom. The highest BCUT2D eigenvalue weighted by atomic mass is 32.1. The largest absolute Gasteiger partial charge is 0.364 e. The van der Waals surface area contributed by atoms with Crippen molar-refractivity contribution in [3.05, 3.63) is 48.0 Å². The molecule has 0 atom stereocenters. The summed E-state index contributed by atoms with van der Waals surface area (Å²) in [6.45, 7) is 1.95. The number of rotatable bonds is 2. The Hall–Kier alpha value is -1.94. The molecule has 18 heavy (non-hydrogen) atoms. The SMILES string of the molecule is CNC(=S)N/N=C(/C)c1ccc2ccccc2c1. The summed E-state index contributed by atoms with van der Waals surface area (Å²) in [4.78, 5) is 0. The Morgan fingerprint density at radius 1 is 1.11 bits per heavy atom. The maximum absolute atomic E-state index is 4.97. The van der Waals surface area contributed by atoms with Crippen LogP contribution in [-0.4, -0.2) is 17.9 Å². The van der Waals surface area contributed by atoms with Crippen molar-refractivity contribution in [1.82, 2.24) is 10.7 Å². The summed E-state index contributed by atoms with van der Waals surface area (Å²) >= 11 is 4.97. The maximum atomic E-state index is 4.97. The van der Waals surface area contributed by atoms with E-state index >= 15 is 0 Å². The first-order valence-corrected chi connectivity index (χ1v) is 6.12. The van der Waals surface area contributed by atoms with Gasteiger partial charge in [-0.05, 0) is 41.5 Å². The zero-order valence-electron chi connectivity index (χ0n) is 10.4. The fraction of sp³-hybridized carbons (Fsp3) is 0.143. The molecule has 0 saturated carbocycles. The van der Waals surface area contributed by atoms with Gasteiger partial charge in [0, 0.05) is 7.05 Å². The quantitative estimate of drug-likeness (QED) is 0.493. The normalized spacial score (nSPS) is 11.3. The summed E-state index contributed by atoms with van der Waals surface area (Å²) in [5.74, 6) is 0. The Bertz CT molecular complexity index is 605. The second-order valence-corrected chi connectivity index (χ2v) is 4.36. The second-order valence-electron chi connectivity index (χ2n) is 3.95. The van der Waals surface area contributed by atoms with Crippen molar-refractivity contribution < 1.29 is 0 Å². The first-order valence-electron chi connectivity index (χ1n) is 5.72. The van der Waals surface area contributed by atoms with Crippen LogP contribution in [0.25, 0.3) is 10.8 Å². The number of hydrogen-bond acceptors (Lipinski definition) is 2. The molecule has 0 amide bonds. The third-order valence-corrected chi connectivity index (χ3v) is 3.01. The van der Waals surface area contributed by atoms with Crippen LogP contribution in [0, 0.1) is 0 Å². The maximum Gasteiger partial charge on any atom is 0.186 e. The van der Waals surface area contributed by atoms with Crippen molar-refractivity contribution in [2.45, 2.75) is 6.92 Å². The monoisotopic (exact) mass is 257 g/mol. The summed E-state index contributed by atoms with van der Waals surface area (Å²) < 4.78 is 0. The third-order valence-electron chi connectivity index (χ3n) is 2.72. The molecule has 0 saturated heterocycles. The third kappa shape index (κ3) is 2.84. The van der Waals surface area contributed by atoms with Crippen molar-refractivity contribution in [1.29, 1.82) is 0 Å². The summed E-state index contributed by atoms with van der Waals surface area (Å²) in [7, 11) is 1.76. The van der Waals surface area contributed by atoms with Gasteiger partial charge in [0.05, 0.1) is 5.71 Å². The van der Waals surface area contributed by atoms with Crippen molar-refractivity contribution in [3.63, 3.8) is 0 Å². The molecule has 3 nitrogen and oxygen atoms in total. The van der Waals surface area contributed by atoms with E-state index in [1.54, 1.807) is 7.05 Å². The molecule has 0 aliphatic heterocycles. The molecule has 0 spiro atoms. The number of hydrazone groups is 1. The average molecular weight is 257 g/mol. The molecular weight excluding hydrogens is 242 g/mol. The zero-order chi connectivity index (χ0) is 13.0. The molecule has 2 rings (SSSR count). The van der Waals surface area contributed by atoms with Gasteiger partial charge in [-0.25, -0.2) is 0 Å². The molecule has 0 aromatic heterocycles. The van der Waals surface area contributed by atoms with Crippen molar-refractivity contribution in [2.24, 2.45) is 5.10 Å². The molecule has 0 aliphatic carbocycles. The van der Waals surface area contributed by atoms with Crippen LogP contribution in [0.5, 0.6) is 0 Å². The summed E-state index contributed by atoms with van der Waals surface area (Å²) in [5, 5.41) is 10.00. The Labute approximate surface area is 112 Å². The lowest BCUT2D eigenvalue weighted by Gasteiger charge is -2.05. The number of thiocarbonyl (C=S) groups is 1. The number of fused-ring (bicyclic) bond motifs is 1. The van der Waals surface area contributed by atoms with E-state index < -0.39 is 0 Å². The van der Waals surface area contributed by atoms with Gasteiger partial charge in [-0.2, -0.15) is 5.10 Å². The summed E-state index contributed by atoms with van der Waals surface area (Å²) in [5.41, 5.74) is 4.77. The Kier molecular flexibility index (Phi) is 3.89. The van der Waals surface area contributed by atoms with Crippen LogP contribution >= 0.6 is 12.2 Å². The predicted octanol–water partition coefficient (Wildman–Crippen LogP) is 2.66. The first-order chi connectivity index (χ1) is 8.70. The van der Waals surface area contributed by atoms with Gasteiger partial charge in [0.1, 0.15) is 0 Å². The van der Waals surface area contributed by atoms with Crippen LogP contribution < -0.4 is 10.7 Å². The van der Waals surface area contributed by atoms with E-state index in [2.05, 4.69) is 46.2 Å². The molecule has 92 valence electrons. The van der Waals surface area contributed by atoms with Crippen LogP contribution in [-0.2, 0) is 0 Å². The van der Waals surface area contributed by atoms with Gasteiger partial charge in [-0.1, -0.05) is 36.4 Å². The molecule has 0 bridgehead atoms. The molecule has 0 unspecified atom stereocenters. The van der Waals surface area contributed by atoms with Crippen LogP contribution in [0.1, 0.15) is 12.5 Å². The number of hydrogen-bond donors (Lipinski definition) is 2. The minimum absolute atomic E-state index is 0.509. The first kappa shape index (κ1) is 12.5. The van der Waals surface area contributed by atoms with E-state index in [-0.39, 0.29) is 0 Å². The molecule has 4 heteroatoms. The van der Waals surface area contributed by atoms with Gasteiger partial charge in [0.15, 0.2) is 5.11 Å². The van der Waals surface area contributed by atoms with E-state index in [1.165, 1.54) is 10.8 Å². The summed E-state index contributed by atoms with van der Waals surface area (Å²) in [6, 6.07) is 14.5. The highest BCUT2D eigenvalue weighted by molar-refractivity contribution is 7.80. The minimum Gasteiger partial charge on any atom is -0.364 e. The lowest BCUT2D eigenvalue weighted by atomic mass is 10.0. The van der Waals surface area contributed by atoms with E-state index in [1.807, 2.05) is 19.1 Å². The van der Waals surface area contributed by atoms with Crippen molar-refractivity contribution in [2.75, 3.05) is 7.05 Å². The molecular formula is C14H15N3S. The molecule has 0 aliphatic rings. The molecule has 2 aromatic carbocycles. The van der Waals surface area contributed by atoms with E-state index in [0.717, 1.165) is 11.3 Å². The second kappa shape index (κ2) is 5.60. The number of nitrogens with one attached hydrogen (secondary N) is 2. The van der Waals surface area contributed by atoms with Crippen LogP contribution in [0.3, 0.4) is 0 Å². The van der Waals surface area contributed by atoms with E-state index in [4.69, 9.17) is 12.2 Å². The fourth-order valence-electron chi connectivity index (χ4n) is 1.67. The predicted molar refractivity (Wildman–Crippen MR) is 81.0 cm³/mol. The lowest BCUT2D eigenvalue weighted by molar-refractivity contribution is 0.974. The molecule has 0 radical (unpaired) electrons. The molecule has 0 heterocycles. The van der Waals surface area contributed by atoms with Crippen molar-refractivity contribution >= 4 is 33.8 Å². The van der Waals surface area contributed by atoms with Gasteiger partial charge in [-0.15, -0.1) is 0 Å². The Morgan fingerprint density at radius 3 is 2.56 bits per heavy atom. The number of benzene rings is 2. The highest BCUT2D eigenvalue weighted by Gasteiger charge is 1.99. The van der Waals surface area contributed by atoms with Crippen LogP contribution in [0.4, 0.5) is 0 Å². The van der Waals surface area contributed by atoms with Gasteiger partial charge in [-0.3, -0.25) is 5.43 Å². The molecule has 2 aromatic rings. The summed E-state index contributed by atoms with van der Waals surface area (Å²) in [6.07, 6.45) is 0. The Balaban J connectivity index is 2.27. The van der Waals surface area contributed by atoms with Crippen molar-refractivity contribution in [3.8, 4) is 0 Å². The minimum atomic E-state index is 0.509. The highest BCUT2D eigenvalue weighted by Crippen LogP contribution is 2.15. The fourth-order valence-corrected chi connectivity index (χ4v) is 1.72. The molecule has 0 fully saturated rings. The van der Waals surface area contributed by atoms with Crippen LogP contribution in [0.15, 0.2) is 47.6 Å². The number of nitrogens with zero attached hydrogens (tertiary/aromatic N) is 1. The van der Waals surface area contributed by atoms with Gasteiger partial charge >= 0.3 is 0 Å². The standard InChI is InChI=1S/C14H15N3S/c1-10(16-17-14(18)15-2)12-8-7-11-5-3-4-6-13(11)9-12/h3-9H,1-2H3,(H2,15,17,18)/b16-10-. The topological polar surface area (TPSA) is 36.4 Å². The van der Waals surface area contributed by atoms with E-state index in [9.17, 15) is 0 Å². The van der Waals surface area contributed by atoms with E-state index in [0.29, 0.717) is 5.11 Å².